The van der Waals surface area contributed by atoms with Crippen LogP contribution in [-0.2, 0) is 11.5 Å². The van der Waals surface area contributed by atoms with Crippen molar-refractivity contribution in [2.24, 2.45) is 5.92 Å². The van der Waals surface area contributed by atoms with Crippen molar-refractivity contribution in [3.63, 3.8) is 0 Å². The normalized spacial score (nSPS) is 20.0. The van der Waals surface area contributed by atoms with Crippen LogP contribution in [-0.4, -0.2) is 38.6 Å². The van der Waals surface area contributed by atoms with E-state index in [1.54, 1.807) is 12.1 Å². The number of alkyl halides is 4. The lowest BCUT2D eigenvalue weighted by Crippen LogP contribution is -2.27. The van der Waals surface area contributed by atoms with E-state index in [9.17, 15) is 13.2 Å². The first-order chi connectivity index (χ1) is 9.81. The fourth-order valence-electron chi connectivity index (χ4n) is 2.85. The lowest BCUT2D eigenvalue weighted by Gasteiger charge is -2.24. The SMILES string of the molecule is CN1CCC(CN(C)c2ccc(CBr)c(C(F)(F)F)c2)C1. The van der Waals surface area contributed by atoms with Crippen LogP contribution < -0.4 is 4.90 Å². The van der Waals surface area contributed by atoms with E-state index in [1.165, 1.54) is 6.07 Å². The summed E-state index contributed by atoms with van der Waals surface area (Å²) in [7, 11) is 3.94. The molecule has 6 heteroatoms. The van der Waals surface area contributed by atoms with Crippen molar-refractivity contribution in [2.75, 3.05) is 38.6 Å². The van der Waals surface area contributed by atoms with E-state index in [1.807, 2.05) is 11.9 Å². The molecule has 1 heterocycles. The van der Waals surface area contributed by atoms with E-state index < -0.39 is 11.7 Å². The largest absolute Gasteiger partial charge is 0.416 e. The molecule has 118 valence electrons. The highest BCUT2D eigenvalue weighted by Crippen LogP contribution is 2.35. The molecular weight excluding hydrogens is 345 g/mol. The molecule has 0 aliphatic carbocycles. The fourth-order valence-corrected chi connectivity index (χ4v) is 3.34. The van der Waals surface area contributed by atoms with Gasteiger partial charge in [-0.25, -0.2) is 0 Å². The maximum absolute atomic E-state index is 13.1. The Morgan fingerprint density at radius 3 is 2.62 bits per heavy atom. The molecule has 0 N–H and O–H groups in total. The average Bonchev–Trinajstić information content (AvgIpc) is 2.82. The highest BCUT2D eigenvalue weighted by Gasteiger charge is 2.33. The summed E-state index contributed by atoms with van der Waals surface area (Å²) in [6.45, 7) is 2.86. The zero-order valence-corrected chi connectivity index (χ0v) is 13.8. The molecule has 0 spiro atoms. The second-order valence-corrected chi connectivity index (χ2v) is 6.33. The van der Waals surface area contributed by atoms with Gasteiger partial charge in [-0.2, -0.15) is 13.2 Å². The predicted octanol–water partition coefficient (Wildman–Crippen LogP) is 3.99. The summed E-state index contributed by atoms with van der Waals surface area (Å²) in [6.07, 6.45) is -3.21. The summed E-state index contributed by atoms with van der Waals surface area (Å²) >= 11 is 3.12. The molecule has 1 aromatic rings. The summed E-state index contributed by atoms with van der Waals surface area (Å²) < 4.78 is 39.3. The van der Waals surface area contributed by atoms with Gasteiger partial charge >= 0.3 is 6.18 Å². The molecule has 1 fully saturated rings. The molecule has 1 atom stereocenters. The van der Waals surface area contributed by atoms with E-state index in [-0.39, 0.29) is 10.9 Å². The van der Waals surface area contributed by atoms with Gasteiger partial charge in [0.15, 0.2) is 0 Å². The van der Waals surface area contributed by atoms with Crippen molar-refractivity contribution in [3.05, 3.63) is 29.3 Å². The van der Waals surface area contributed by atoms with E-state index in [0.717, 1.165) is 26.1 Å². The predicted molar refractivity (Wildman–Crippen MR) is 82.9 cm³/mol. The Kier molecular flexibility index (Phi) is 5.20. The zero-order chi connectivity index (χ0) is 15.6. The van der Waals surface area contributed by atoms with Gasteiger partial charge in [0, 0.05) is 31.2 Å². The monoisotopic (exact) mass is 364 g/mol. The highest BCUT2D eigenvalue weighted by atomic mass is 79.9. The van der Waals surface area contributed by atoms with Crippen molar-refractivity contribution in [1.29, 1.82) is 0 Å². The van der Waals surface area contributed by atoms with Gasteiger partial charge in [0.25, 0.3) is 0 Å². The Bertz CT molecular complexity index is 490. The van der Waals surface area contributed by atoms with Gasteiger partial charge in [0.2, 0.25) is 0 Å². The van der Waals surface area contributed by atoms with E-state index >= 15 is 0 Å². The Morgan fingerprint density at radius 1 is 1.38 bits per heavy atom. The Hall–Kier alpha value is -0.750. The van der Waals surface area contributed by atoms with Crippen molar-refractivity contribution in [1.82, 2.24) is 4.90 Å². The molecule has 1 unspecified atom stereocenters. The number of benzene rings is 1. The van der Waals surface area contributed by atoms with Crippen LogP contribution in [0.25, 0.3) is 0 Å². The number of halogens is 4. The standard InChI is InChI=1S/C15H20BrF3N2/c1-20-6-5-11(9-20)10-21(2)13-4-3-12(8-16)14(7-13)15(17,18)19/h3-4,7,11H,5-6,8-10H2,1-2H3. The fraction of sp³-hybridized carbons (Fsp3) is 0.600. The number of nitrogens with zero attached hydrogens (tertiary/aromatic N) is 2. The molecule has 1 aliphatic rings. The van der Waals surface area contributed by atoms with Crippen molar-refractivity contribution in [3.8, 4) is 0 Å². The number of hydrogen-bond acceptors (Lipinski definition) is 2. The second kappa shape index (κ2) is 6.57. The number of hydrogen-bond donors (Lipinski definition) is 0. The first-order valence-electron chi connectivity index (χ1n) is 6.97. The quantitative estimate of drug-likeness (QED) is 0.745. The number of rotatable bonds is 4. The number of likely N-dealkylation sites (tertiary alicyclic amines) is 1. The molecule has 1 aromatic carbocycles. The lowest BCUT2D eigenvalue weighted by molar-refractivity contribution is -0.138. The maximum atomic E-state index is 13.1. The van der Waals surface area contributed by atoms with Gasteiger partial charge in [-0.1, -0.05) is 22.0 Å². The summed E-state index contributed by atoms with van der Waals surface area (Å²) in [5.41, 5.74) is 0.356. The van der Waals surface area contributed by atoms with Crippen LogP contribution >= 0.6 is 15.9 Å². The molecule has 2 rings (SSSR count). The third kappa shape index (κ3) is 4.13. The molecular formula is C15H20BrF3N2. The van der Waals surface area contributed by atoms with Gasteiger partial charge in [-0.15, -0.1) is 0 Å². The minimum absolute atomic E-state index is 0.208. The molecule has 2 nitrogen and oxygen atoms in total. The van der Waals surface area contributed by atoms with Crippen LogP contribution in [0.5, 0.6) is 0 Å². The molecule has 21 heavy (non-hydrogen) atoms. The first-order valence-corrected chi connectivity index (χ1v) is 8.09. The minimum Gasteiger partial charge on any atom is -0.374 e. The smallest absolute Gasteiger partial charge is 0.374 e. The van der Waals surface area contributed by atoms with Crippen molar-refractivity contribution in [2.45, 2.75) is 17.9 Å². The van der Waals surface area contributed by atoms with Crippen molar-refractivity contribution >= 4 is 21.6 Å². The second-order valence-electron chi connectivity index (χ2n) is 5.77. The van der Waals surface area contributed by atoms with E-state index in [2.05, 4.69) is 27.9 Å². The Labute approximate surface area is 132 Å². The summed E-state index contributed by atoms with van der Waals surface area (Å²) in [6, 6.07) is 4.59. The zero-order valence-electron chi connectivity index (χ0n) is 12.3. The molecule has 1 saturated heterocycles. The molecule has 0 amide bonds. The molecule has 0 bridgehead atoms. The van der Waals surface area contributed by atoms with E-state index in [0.29, 0.717) is 11.6 Å². The summed E-state index contributed by atoms with van der Waals surface area (Å²) in [5.74, 6) is 0.519. The summed E-state index contributed by atoms with van der Waals surface area (Å²) in [4.78, 5) is 4.19. The van der Waals surface area contributed by atoms with Gasteiger partial charge in [0.05, 0.1) is 5.56 Å². The molecule has 0 radical (unpaired) electrons. The maximum Gasteiger partial charge on any atom is 0.416 e. The van der Waals surface area contributed by atoms with Gasteiger partial charge in [0.1, 0.15) is 0 Å². The minimum atomic E-state index is -4.31. The van der Waals surface area contributed by atoms with Crippen molar-refractivity contribution < 1.29 is 13.2 Å². The van der Waals surface area contributed by atoms with Gasteiger partial charge in [-0.3, -0.25) is 0 Å². The van der Waals surface area contributed by atoms with Gasteiger partial charge < -0.3 is 9.80 Å². The van der Waals surface area contributed by atoms with Crippen LogP contribution in [0.4, 0.5) is 18.9 Å². The third-order valence-electron chi connectivity index (χ3n) is 4.00. The van der Waals surface area contributed by atoms with Crippen LogP contribution in [0.15, 0.2) is 18.2 Å². The molecule has 1 aliphatic heterocycles. The summed E-state index contributed by atoms with van der Waals surface area (Å²) in [5, 5.41) is 0.208. The van der Waals surface area contributed by atoms with Gasteiger partial charge in [-0.05, 0) is 43.6 Å². The Balaban J connectivity index is 2.16. The topological polar surface area (TPSA) is 6.48 Å². The van der Waals surface area contributed by atoms with Crippen LogP contribution in [0.1, 0.15) is 17.5 Å². The highest BCUT2D eigenvalue weighted by molar-refractivity contribution is 9.08. The Morgan fingerprint density at radius 2 is 2.10 bits per heavy atom. The lowest BCUT2D eigenvalue weighted by atomic mass is 10.1. The van der Waals surface area contributed by atoms with Crippen LogP contribution in [0, 0.1) is 5.92 Å². The molecule has 0 saturated carbocycles. The average molecular weight is 365 g/mol. The first kappa shape index (κ1) is 16.6. The van der Waals surface area contributed by atoms with E-state index in [4.69, 9.17) is 0 Å². The molecule has 0 aromatic heterocycles. The van der Waals surface area contributed by atoms with Crippen LogP contribution in [0.3, 0.4) is 0 Å². The number of anilines is 1. The third-order valence-corrected chi connectivity index (χ3v) is 4.61. The van der Waals surface area contributed by atoms with Crippen LogP contribution in [0.2, 0.25) is 0 Å².